The van der Waals surface area contributed by atoms with E-state index in [9.17, 15) is 0 Å². The number of rotatable bonds is 4. The Kier molecular flexibility index (Phi) is 4.36. The van der Waals surface area contributed by atoms with Crippen LogP contribution in [-0.2, 0) is 0 Å². The van der Waals surface area contributed by atoms with Gasteiger partial charge in [0.2, 0.25) is 0 Å². The lowest BCUT2D eigenvalue weighted by Gasteiger charge is -2.16. The Balaban J connectivity index is 2.00. The third-order valence-corrected chi connectivity index (χ3v) is 3.43. The van der Waals surface area contributed by atoms with Crippen LogP contribution in [0.1, 0.15) is 33.1 Å². The molecule has 0 heterocycles. The van der Waals surface area contributed by atoms with Gasteiger partial charge < -0.3 is 15.8 Å². The Bertz CT molecular complexity index is 409. The second-order valence-corrected chi connectivity index (χ2v) is 5.63. The summed E-state index contributed by atoms with van der Waals surface area (Å²) in [5.74, 6) is 0.736. The molecule has 1 aliphatic carbocycles. The molecule has 1 aliphatic rings. The number of halogens is 1. The van der Waals surface area contributed by atoms with Gasteiger partial charge in [-0.2, -0.15) is 0 Å². The van der Waals surface area contributed by atoms with Crippen LogP contribution in [0.3, 0.4) is 0 Å². The molecule has 18 heavy (non-hydrogen) atoms. The third kappa shape index (κ3) is 3.53. The van der Waals surface area contributed by atoms with E-state index < -0.39 is 0 Å². The van der Waals surface area contributed by atoms with Crippen molar-refractivity contribution in [2.75, 3.05) is 5.32 Å². The van der Waals surface area contributed by atoms with Gasteiger partial charge in [0.25, 0.3) is 0 Å². The summed E-state index contributed by atoms with van der Waals surface area (Å²) in [6.45, 7) is 3.98. The van der Waals surface area contributed by atoms with Gasteiger partial charge in [-0.15, -0.1) is 0 Å². The zero-order valence-corrected chi connectivity index (χ0v) is 11.7. The van der Waals surface area contributed by atoms with Gasteiger partial charge in [0.05, 0.1) is 11.1 Å². The molecule has 1 saturated carbocycles. The van der Waals surface area contributed by atoms with E-state index in [1.807, 2.05) is 32.0 Å². The lowest BCUT2D eigenvalue weighted by atomic mass is 10.2. The predicted octanol–water partition coefficient (Wildman–Crippen LogP) is 3.42. The molecule has 3 nitrogen and oxygen atoms in total. The van der Waals surface area contributed by atoms with Gasteiger partial charge in [0, 0.05) is 17.8 Å². The van der Waals surface area contributed by atoms with Crippen LogP contribution in [0.25, 0.3) is 0 Å². The molecule has 0 amide bonds. The third-order valence-electron chi connectivity index (χ3n) is 3.14. The van der Waals surface area contributed by atoms with Crippen molar-refractivity contribution in [3.05, 3.63) is 23.2 Å². The van der Waals surface area contributed by atoms with Crippen LogP contribution in [0.15, 0.2) is 18.2 Å². The Morgan fingerprint density at radius 2 is 2.17 bits per heavy atom. The van der Waals surface area contributed by atoms with E-state index >= 15 is 0 Å². The molecule has 2 atom stereocenters. The first-order chi connectivity index (χ1) is 8.54. The van der Waals surface area contributed by atoms with Gasteiger partial charge in [-0.25, -0.2) is 0 Å². The first kappa shape index (κ1) is 13.5. The zero-order chi connectivity index (χ0) is 13.1. The lowest BCUT2D eigenvalue weighted by molar-refractivity contribution is 0.242. The van der Waals surface area contributed by atoms with Gasteiger partial charge >= 0.3 is 0 Å². The van der Waals surface area contributed by atoms with Crippen LogP contribution in [0.2, 0.25) is 5.02 Å². The average Bonchev–Trinajstić information content (AvgIpc) is 2.68. The van der Waals surface area contributed by atoms with Crippen molar-refractivity contribution in [3.63, 3.8) is 0 Å². The maximum atomic E-state index is 6.20. The van der Waals surface area contributed by atoms with E-state index in [1.165, 1.54) is 0 Å². The van der Waals surface area contributed by atoms with Crippen LogP contribution in [-0.4, -0.2) is 18.2 Å². The Morgan fingerprint density at radius 1 is 1.39 bits per heavy atom. The quantitative estimate of drug-likeness (QED) is 0.880. The summed E-state index contributed by atoms with van der Waals surface area (Å²) in [5, 5.41) is 4.12. The summed E-state index contributed by atoms with van der Waals surface area (Å²) >= 11 is 6.20. The maximum absolute atomic E-state index is 6.20. The van der Waals surface area contributed by atoms with Gasteiger partial charge in [-0.1, -0.05) is 11.6 Å². The van der Waals surface area contributed by atoms with Crippen molar-refractivity contribution in [3.8, 4) is 5.75 Å². The number of nitrogens with two attached hydrogens (primary N) is 1. The van der Waals surface area contributed by atoms with E-state index in [1.54, 1.807) is 0 Å². The first-order valence-electron chi connectivity index (χ1n) is 6.53. The number of ether oxygens (including phenoxy) is 1. The van der Waals surface area contributed by atoms with Crippen LogP contribution >= 0.6 is 11.6 Å². The van der Waals surface area contributed by atoms with E-state index in [2.05, 4.69) is 5.32 Å². The standard InChI is InChI=1S/C14H21ClN2O/c1-9(2)18-14-6-5-12(8-13(14)15)17-11-4-3-10(16)7-11/h5-6,8-11,17H,3-4,7,16H2,1-2H3. The minimum atomic E-state index is 0.133. The summed E-state index contributed by atoms with van der Waals surface area (Å²) in [6.07, 6.45) is 3.39. The fourth-order valence-electron chi connectivity index (χ4n) is 2.32. The van der Waals surface area contributed by atoms with Crippen LogP contribution in [0.5, 0.6) is 5.75 Å². The summed E-state index contributed by atoms with van der Waals surface area (Å²) in [4.78, 5) is 0. The minimum Gasteiger partial charge on any atom is -0.489 e. The summed E-state index contributed by atoms with van der Waals surface area (Å²) < 4.78 is 5.61. The Labute approximate surface area is 114 Å². The van der Waals surface area contributed by atoms with Crippen molar-refractivity contribution < 1.29 is 4.74 Å². The predicted molar refractivity (Wildman–Crippen MR) is 76.5 cm³/mol. The van der Waals surface area contributed by atoms with Gasteiger partial charge in [0.15, 0.2) is 0 Å². The molecule has 0 aromatic heterocycles. The SMILES string of the molecule is CC(C)Oc1ccc(NC2CCC(N)C2)cc1Cl. The molecule has 0 aliphatic heterocycles. The zero-order valence-electron chi connectivity index (χ0n) is 10.9. The van der Waals surface area contributed by atoms with E-state index in [4.69, 9.17) is 22.1 Å². The second kappa shape index (κ2) is 5.81. The average molecular weight is 269 g/mol. The lowest BCUT2D eigenvalue weighted by Crippen LogP contribution is -2.20. The van der Waals surface area contributed by atoms with Crippen LogP contribution in [0, 0.1) is 0 Å². The molecular weight excluding hydrogens is 248 g/mol. The molecule has 0 spiro atoms. The number of hydrogen-bond donors (Lipinski definition) is 2. The Morgan fingerprint density at radius 3 is 2.72 bits per heavy atom. The molecule has 100 valence electrons. The van der Waals surface area contributed by atoms with Gasteiger partial charge in [-0.05, 0) is 51.3 Å². The summed E-state index contributed by atoms with van der Waals surface area (Å²) in [6, 6.07) is 6.64. The molecule has 4 heteroatoms. The number of hydrogen-bond acceptors (Lipinski definition) is 3. The fraction of sp³-hybridized carbons (Fsp3) is 0.571. The van der Waals surface area contributed by atoms with Crippen LogP contribution < -0.4 is 15.8 Å². The maximum Gasteiger partial charge on any atom is 0.138 e. The normalized spacial score (nSPS) is 23.4. The van der Waals surface area contributed by atoms with Crippen molar-refractivity contribution in [1.29, 1.82) is 0 Å². The molecule has 2 rings (SSSR count). The summed E-state index contributed by atoms with van der Waals surface area (Å²) in [7, 11) is 0. The highest BCUT2D eigenvalue weighted by Crippen LogP contribution is 2.30. The number of benzene rings is 1. The molecule has 1 fully saturated rings. The number of nitrogens with one attached hydrogen (secondary N) is 1. The van der Waals surface area contributed by atoms with Crippen molar-refractivity contribution >= 4 is 17.3 Å². The van der Waals surface area contributed by atoms with E-state index in [-0.39, 0.29) is 6.10 Å². The molecular formula is C14H21ClN2O. The first-order valence-corrected chi connectivity index (χ1v) is 6.90. The molecule has 1 aromatic carbocycles. The highest BCUT2D eigenvalue weighted by atomic mass is 35.5. The summed E-state index contributed by atoms with van der Waals surface area (Å²) in [5.41, 5.74) is 6.94. The second-order valence-electron chi connectivity index (χ2n) is 5.23. The topological polar surface area (TPSA) is 47.3 Å². The molecule has 1 aromatic rings. The molecule has 3 N–H and O–H groups in total. The van der Waals surface area contributed by atoms with Gasteiger partial charge in [-0.3, -0.25) is 0 Å². The minimum absolute atomic E-state index is 0.133. The fourth-order valence-corrected chi connectivity index (χ4v) is 2.55. The van der Waals surface area contributed by atoms with E-state index in [0.29, 0.717) is 17.1 Å². The van der Waals surface area contributed by atoms with Crippen molar-refractivity contribution in [2.45, 2.75) is 51.3 Å². The monoisotopic (exact) mass is 268 g/mol. The molecule has 0 saturated heterocycles. The largest absolute Gasteiger partial charge is 0.489 e. The smallest absolute Gasteiger partial charge is 0.138 e. The van der Waals surface area contributed by atoms with Crippen molar-refractivity contribution in [2.24, 2.45) is 5.73 Å². The molecule has 0 radical (unpaired) electrons. The highest BCUT2D eigenvalue weighted by molar-refractivity contribution is 6.32. The molecule has 0 bridgehead atoms. The van der Waals surface area contributed by atoms with E-state index in [0.717, 1.165) is 30.7 Å². The highest BCUT2D eigenvalue weighted by Gasteiger charge is 2.21. The van der Waals surface area contributed by atoms with Crippen molar-refractivity contribution in [1.82, 2.24) is 0 Å². The number of anilines is 1. The molecule has 2 unspecified atom stereocenters. The Hall–Kier alpha value is -0.930. The van der Waals surface area contributed by atoms with Gasteiger partial charge in [0.1, 0.15) is 5.75 Å². The van der Waals surface area contributed by atoms with Crippen LogP contribution in [0.4, 0.5) is 5.69 Å².